The lowest BCUT2D eigenvalue weighted by Crippen LogP contribution is -2.47. The third-order valence-corrected chi connectivity index (χ3v) is 3.54. The molecule has 3 heteroatoms. The quantitative estimate of drug-likeness (QED) is 0.874. The van der Waals surface area contributed by atoms with Crippen LogP contribution in [0, 0.1) is 6.92 Å². The molecule has 2 rings (SSSR count). The van der Waals surface area contributed by atoms with Gasteiger partial charge in [0.25, 0.3) is 0 Å². The van der Waals surface area contributed by atoms with Crippen LogP contribution in [0.4, 0.5) is 0 Å². The Labute approximate surface area is 105 Å². The Morgan fingerprint density at radius 3 is 2.88 bits per heavy atom. The van der Waals surface area contributed by atoms with Crippen molar-refractivity contribution in [2.75, 3.05) is 13.1 Å². The van der Waals surface area contributed by atoms with Gasteiger partial charge >= 0.3 is 0 Å². The lowest BCUT2D eigenvalue weighted by atomic mass is 9.87. The summed E-state index contributed by atoms with van der Waals surface area (Å²) < 4.78 is 1.09. The molecule has 2 N–H and O–H groups in total. The molecule has 0 spiro atoms. The van der Waals surface area contributed by atoms with Crippen LogP contribution >= 0.6 is 15.9 Å². The topological polar surface area (TPSA) is 32.3 Å². The highest BCUT2D eigenvalue weighted by molar-refractivity contribution is 9.10. The van der Waals surface area contributed by atoms with E-state index in [-0.39, 0.29) is 0 Å². The molecular formula is C13H18BrNO. The minimum absolute atomic E-state index is 0.564. The monoisotopic (exact) mass is 283 g/mol. The van der Waals surface area contributed by atoms with Crippen molar-refractivity contribution in [2.24, 2.45) is 0 Å². The number of aliphatic hydroxyl groups is 1. The average molecular weight is 284 g/mol. The van der Waals surface area contributed by atoms with Gasteiger partial charge in [-0.3, -0.25) is 0 Å². The Balaban J connectivity index is 2.13. The van der Waals surface area contributed by atoms with Crippen LogP contribution in [0.1, 0.15) is 24.0 Å². The lowest BCUT2D eigenvalue weighted by molar-refractivity contribution is 0.0169. The van der Waals surface area contributed by atoms with Crippen molar-refractivity contribution in [3.05, 3.63) is 33.8 Å². The molecule has 0 radical (unpaired) electrons. The number of rotatable bonds is 2. The average Bonchev–Trinajstić information content (AvgIpc) is 2.15. The van der Waals surface area contributed by atoms with Gasteiger partial charge in [0, 0.05) is 17.4 Å². The van der Waals surface area contributed by atoms with Gasteiger partial charge < -0.3 is 10.4 Å². The van der Waals surface area contributed by atoms with Gasteiger partial charge in [0.15, 0.2) is 0 Å². The van der Waals surface area contributed by atoms with E-state index < -0.39 is 5.60 Å². The molecule has 1 aliphatic rings. The molecule has 1 unspecified atom stereocenters. The maximum Gasteiger partial charge on any atom is 0.0812 e. The normalized spacial score (nSPS) is 25.7. The summed E-state index contributed by atoms with van der Waals surface area (Å²) in [6, 6.07) is 6.34. The van der Waals surface area contributed by atoms with Crippen LogP contribution in [0.25, 0.3) is 0 Å². The zero-order valence-electron chi connectivity index (χ0n) is 9.59. The minimum atomic E-state index is -0.564. The van der Waals surface area contributed by atoms with E-state index in [4.69, 9.17) is 0 Å². The Morgan fingerprint density at radius 1 is 1.44 bits per heavy atom. The molecule has 1 aliphatic heterocycles. The fourth-order valence-electron chi connectivity index (χ4n) is 2.40. The van der Waals surface area contributed by atoms with Gasteiger partial charge in [0.2, 0.25) is 0 Å². The second kappa shape index (κ2) is 4.86. The summed E-state index contributed by atoms with van der Waals surface area (Å²) in [4.78, 5) is 0. The first-order valence-corrected chi connectivity index (χ1v) is 6.56. The van der Waals surface area contributed by atoms with Gasteiger partial charge in [-0.05, 0) is 49.6 Å². The van der Waals surface area contributed by atoms with E-state index >= 15 is 0 Å². The fourth-order valence-corrected chi connectivity index (χ4v) is 3.05. The van der Waals surface area contributed by atoms with Crippen LogP contribution in [0.2, 0.25) is 0 Å². The molecule has 0 bridgehead atoms. The van der Waals surface area contributed by atoms with E-state index in [0.717, 1.165) is 30.3 Å². The molecular weight excluding hydrogens is 266 g/mol. The molecule has 1 atom stereocenters. The summed E-state index contributed by atoms with van der Waals surface area (Å²) in [6.45, 7) is 3.82. The van der Waals surface area contributed by atoms with Gasteiger partial charge in [-0.1, -0.05) is 22.0 Å². The van der Waals surface area contributed by atoms with Gasteiger partial charge in [-0.25, -0.2) is 0 Å². The van der Waals surface area contributed by atoms with Crippen LogP contribution in [-0.2, 0) is 6.42 Å². The summed E-state index contributed by atoms with van der Waals surface area (Å²) in [6.07, 6.45) is 2.69. The number of piperidine rings is 1. The van der Waals surface area contributed by atoms with Crippen molar-refractivity contribution in [3.63, 3.8) is 0 Å². The predicted molar refractivity (Wildman–Crippen MR) is 69.6 cm³/mol. The number of β-amino-alcohol motifs (C(OH)–C–C–N with tert-alkyl or cyclic N) is 1. The summed E-state index contributed by atoms with van der Waals surface area (Å²) in [7, 11) is 0. The largest absolute Gasteiger partial charge is 0.388 e. The van der Waals surface area contributed by atoms with E-state index in [0.29, 0.717) is 6.54 Å². The van der Waals surface area contributed by atoms with Crippen LogP contribution in [0.3, 0.4) is 0 Å². The van der Waals surface area contributed by atoms with Crippen LogP contribution in [-0.4, -0.2) is 23.8 Å². The molecule has 1 heterocycles. The van der Waals surface area contributed by atoms with Gasteiger partial charge in [-0.15, -0.1) is 0 Å². The number of hydrogen-bond donors (Lipinski definition) is 2. The Morgan fingerprint density at radius 2 is 2.25 bits per heavy atom. The van der Waals surface area contributed by atoms with Crippen LogP contribution in [0.5, 0.6) is 0 Å². The molecule has 0 aromatic heterocycles. The second-order valence-electron chi connectivity index (χ2n) is 4.82. The zero-order valence-corrected chi connectivity index (χ0v) is 11.2. The first-order valence-electron chi connectivity index (χ1n) is 5.77. The highest BCUT2D eigenvalue weighted by Crippen LogP contribution is 2.24. The van der Waals surface area contributed by atoms with E-state index in [1.165, 1.54) is 11.1 Å². The molecule has 1 aromatic rings. The number of aryl methyl sites for hydroxylation is 1. The number of hydrogen-bond acceptors (Lipinski definition) is 2. The number of halogens is 1. The molecule has 1 aromatic carbocycles. The van der Waals surface area contributed by atoms with Crippen molar-refractivity contribution >= 4 is 15.9 Å². The standard InChI is InChI=1S/C13H18BrNO/c1-10-5-11(7-12(14)6-10)8-13(16)3-2-4-15-9-13/h5-7,15-16H,2-4,8-9H2,1H3. The third kappa shape index (κ3) is 3.06. The van der Waals surface area contributed by atoms with Gasteiger partial charge in [0.1, 0.15) is 0 Å². The number of benzene rings is 1. The summed E-state index contributed by atoms with van der Waals surface area (Å²) in [5.74, 6) is 0. The fraction of sp³-hybridized carbons (Fsp3) is 0.538. The first kappa shape index (κ1) is 12.1. The van der Waals surface area contributed by atoms with Crippen LogP contribution < -0.4 is 5.32 Å². The van der Waals surface area contributed by atoms with E-state index in [1.54, 1.807) is 0 Å². The predicted octanol–water partition coefficient (Wildman–Crippen LogP) is 2.41. The van der Waals surface area contributed by atoms with Crippen LogP contribution in [0.15, 0.2) is 22.7 Å². The molecule has 88 valence electrons. The maximum absolute atomic E-state index is 10.4. The second-order valence-corrected chi connectivity index (χ2v) is 5.73. The molecule has 2 nitrogen and oxygen atoms in total. The minimum Gasteiger partial charge on any atom is -0.388 e. The molecule has 1 saturated heterocycles. The van der Waals surface area contributed by atoms with E-state index in [2.05, 4.69) is 46.4 Å². The Hall–Kier alpha value is -0.380. The Bertz CT molecular complexity index is 352. The summed E-state index contributed by atoms with van der Waals surface area (Å²) in [5.41, 5.74) is 1.88. The summed E-state index contributed by atoms with van der Waals surface area (Å²) in [5, 5.41) is 13.7. The number of nitrogens with one attached hydrogen (secondary N) is 1. The SMILES string of the molecule is Cc1cc(Br)cc(CC2(O)CCCNC2)c1. The molecule has 1 fully saturated rings. The van der Waals surface area contributed by atoms with Crippen molar-refractivity contribution in [2.45, 2.75) is 31.8 Å². The first-order chi connectivity index (χ1) is 7.57. The van der Waals surface area contributed by atoms with Gasteiger partial charge in [-0.2, -0.15) is 0 Å². The third-order valence-electron chi connectivity index (χ3n) is 3.08. The molecule has 16 heavy (non-hydrogen) atoms. The van der Waals surface area contributed by atoms with Gasteiger partial charge in [0.05, 0.1) is 5.60 Å². The Kier molecular flexibility index (Phi) is 3.67. The lowest BCUT2D eigenvalue weighted by Gasteiger charge is -2.32. The highest BCUT2D eigenvalue weighted by Gasteiger charge is 2.29. The summed E-state index contributed by atoms with van der Waals surface area (Å²) >= 11 is 3.50. The molecule has 0 saturated carbocycles. The molecule has 0 amide bonds. The van der Waals surface area contributed by atoms with Crippen molar-refractivity contribution in [1.82, 2.24) is 5.32 Å². The van der Waals surface area contributed by atoms with Crippen molar-refractivity contribution in [3.8, 4) is 0 Å². The smallest absolute Gasteiger partial charge is 0.0812 e. The highest BCUT2D eigenvalue weighted by atomic mass is 79.9. The van der Waals surface area contributed by atoms with E-state index in [9.17, 15) is 5.11 Å². The van der Waals surface area contributed by atoms with Crippen molar-refractivity contribution in [1.29, 1.82) is 0 Å². The van der Waals surface area contributed by atoms with E-state index in [1.807, 2.05) is 0 Å². The maximum atomic E-state index is 10.4. The van der Waals surface area contributed by atoms with Crippen molar-refractivity contribution < 1.29 is 5.11 Å². The molecule has 0 aliphatic carbocycles. The zero-order chi connectivity index (χ0) is 11.6.